The molecule has 3 heterocycles. The van der Waals surface area contributed by atoms with Crippen LogP contribution in [-0.2, 0) is 4.74 Å². The maximum Gasteiger partial charge on any atom is 0.251 e. The van der Waals surface area contributed by atoms with Gasteiger partial charge >= 0.3 is 0 Å². The van der Waals surface area contributed by atoms with E-state index in [1.165, 1.54) is 5.69 Å². The molecular formula is C31H32ClN5O2. The van der Waals surface area contributed by atoms with E-state index in [0.29, 0.717) is 22.5 Å². The molecule has 1 aliphatic carbocycles. The number of fused-ring (bicyclic) bond motifs is 1. The second kappa shape index (κ2) is 10.3. The Balaban J connectivity index is 1.07. The van der Waals surface area contributed by atoms with Gasteiger partial charge in [0.2, 0.25) is 0 Å². The summed E-state index contributed by atoms with van der Waals surface area (Å²) >= 11 is 6.49. The van der Waals surface area contributed by atoms with Crippen LogP contribution in [0.4, 0.5) is 5.69 Å². The number of carbonyl (C=O) groups excluding carboxylic acids is 1. The molecule has 0 radical (unpaired) electrons. The summed E-state index contributed by atoms with van der Waals surface area (Å²) < 4.78 is 5.49. The fourth-order valence-electron chi connectivity index (χ4n) is 5.88. The Kier molecular flexibility index (Phi) is 6.51. The van der Waals surface area contributed by atoms with Gasteiger partial charge in [0.25, 0.3) is 5.91 Å². The lowest BCUT2D eigenvalue weighted by molar-refractivity contribution is 0.0105. The number of aromatic amines is 1. The Bertz CT molecular complexity index is 1490. The van der Waals surface area contributed by atoms with Gasteiger partial charge in [0, 0.05) is 59.4 Å². The monoisotopic (exact) mass is 541 g/mol. The summed E-state index contributed by atoms with van der Waals surface area (Å²) in [4.78, 5) is 18.3. The molecule has 3 aromatic carbocycles. The van der Waals surface area contributed by atoms with Gasteiger partial charge in [0.15, 0.2) is 0 Å². The molecule has 1 amide bonds. The van der Waals surface area contributed by atoms with Crippen LogP contribution in [0, 0.1) is 5.92 Å². The lowest BCUT2D eigenvalue weighted by Crippen LogP contribution is -2.61. The van der Waals surface area contributed by atoms with Crippen LogP contribution in [0.15, 0.2) is 66.7 Å². The number of benzene rings is 3. The Morgan fingerprint density at radius 1 is 1.03 bits per heavy atom. The molecule has 200 valence electrons. The quantitative estimate of drug-likeness (QED) is 0.333. The Labute approximate surface area is 233 Å². The molecule has 0 spiro atoms. The molecule has 1 aromatic heterocycles. The summed E-state index contributed by atoms with van der Waals surface area (Å²) in [5, 5.41) is 12.6. The number of nitrogens with zero attached hydrogens (tertiary/aromatic N) is 3. The van der Waals surface area contributed by atoms with Crippen LogP contribution in [0.1, 0.15) is 34.8 Å². The van der Waals surface area contributed by atoms with Gasteiger partial charge in [-0.1, -0.05) is 41.9 Å². The number of hydrogen-bond acceptors (Lipinski definition) is 5. The number of rotatable bonds is 7. The highest BCUT2D eigenvalue weighted by atomic mass is 35.5. The van der Waals surface area contributed by atoms with E-state index in [2.05, 4.69) is 49.6 Å². The van der Waals surface area contributed by atoms with Crippen LogP contribution in [-0.4, -0.2) is 66.4 Å². The van der Waals surface area contributed by atoms with E-state index in [9.17, 15) is 4.79 Å². The average Bonchev–Trinajstić information content (AvgIpc) is 3.70. The van der Waals surface area contributed by atoms with E-state index in [0.717, 1.165) is 80.0 Å². The van der Waals surface area contributed by atoms with Gasteiger partial charge in [-0.15, -0.1) is 0 Å². The van der Waals surface area contributed by atoms with E-state index >= 15 is 0 Å². The van der Waals surface area contributed by atoms with Crippen molar-refractivity contribution in [2.45, 2.75) is 24.9 Å². The van der Waals surface area contributed by atoms with Gasteiger partial charge in [0.05, 0.1) is 30.5 Å². The van der Waals surface area contributed by atoms with Crippen molar-refractivity contribution < 1.29 is 9.53 Å². The fourth-order valence-corrected chi connectivity index (χ4v) is 6.13. The third kappa shape index (κ3) is 4.91. The summed E-state index contributed by atoms with van der Waals surface area (Å²) in [5.74, 6) is 0.333. The highest BCUT2D eigenvalue weighted by molar-refractivity contribution is 6.31. The first-order valence-corrected chi connectivity index (χ1v) is 14.2. The maximum atomic E-state index is 13.4. The molecule has 1 saturated carbocycles. The third-order valence-corrected chi connectivity index (χ3v) is 8.72. The number of morpholine rings is 1. The van der Waals surface area contributed by atoms with E-state index in [4.69, 9.17) is 16.3 Å². The predicted octanol–water partition coefficient (Wildman–Crippen LogP) is 5.29. The van der Waals surface area contributed by atoms with Gasteiger partial charge < -0.3 is 15.0 Å². The largest absolute Gasteiger partial charge is 0.379 e. The zero-order chi connectivity index (χ0) is 26.3. The van der Waals surface area contributed by atoms with Crippen LogP contribution in [0.5, 0.6) is 0 Å². The smallest absolute Gasteiger partial charge is 0.251 e. The molecule has 0 unspecified atom stereocenters. The minimum absolute atomic E-state index is 0.0809. The van der Waals surface area contributed by atoms with E-state index in [1.54, 1.807) is 0 Å². The average molecular weight is 542 g/mol. The van der Waals surface area contributed by atoms with E-state index in [-0.39, 0.29) is 11.9 Å². The minimum atomic E-state index is -0.0937. The van der Waals surface area contributed by atoms with E-state index < -0.39 is 0 Å². The molecule has 2 N–H and O–H groups in total. The van der Waals surface area contributed by atoms with Gasteiger partial charge in [0.1, 0.15) is 0 Å². The van der Waals surface area contributed by atoms with Crippen LogP contribution in [0.25, 0.3) is 22.2 Å². The van der Waals surface area contributed by atoms with Crippen LogP contribution in [0.2, 0.25) is 5.02 Å². The number of amides is 1. The minimum Gasteiger partial charge on any atom is -0.379 e. The zero-order valence-corrected chi connectivity index (χ0v) is 22.5. The van der Waals surface area contributed by atoms with Crippen molar-refractivity contribution >= 4 is 34.1 Å². The number of aromatic nitrogens is 2. The predicted molar refractivity (Wildman–Crippen MR) is 154 cm³/mol. The first-order chi connectivity index (χ1) is 19.1. The number of ether oxygens (including phenoxy) is 1. The molecule has 3 fully saturated rings. The number of hydrogen-bond donors (Lipinski definition) is 2. The molecule has 0 bridgehead atoms. The summed E-state index contributed by atoms with van der Waals surface area (Å²) in [6, 6.07) is 22.7. The van der Waals surface area contributed by atoms with Gasteiger partial charge in [-0.3, -0.25) is 14.8 Å². The van der Waals surface area contributed by atoms with Crippen molar-refractivity contribution in [2.75, 3.05) is 44.3 Å². The van der Waals surface area contributed by atoms with Crippen molar-refractivity contribution in [3.8, 4) is 11.3 Å². The van der Waals surface area contributed by atoms with Crippen molar-refractivity contribution in [3.05, 3.63) is 82.9 Å². The normalized spacial score (nSPS) is 19.2. The first kappa shape index (κ1) is 24.6. The van der Waals surface area contributed by atoms with Gasteiger partial charge in [-0.2, -0.15) is 5.10 Å². The molecule has 8 heteroatoms. The molecule has 2 aliphatic heterocycles. The first-order valence-electron chi connectivity index (χ1n) is 13.8. The molecular weight excluding hydrogens is 510 g/mol. The number of nitrogens with one attached hydrogen (secondary N) is 2. The molecule has 1 atom stereocenters. The summed E-state index contributed by atoms with van der Waals surface area (Å²) in [7, 11) is 0. The van der Waals surface area contributed by atoms with Crippen LogP contribution >= 0.6 is 11.6 Å². The van der Waals surface area contributed by atoms with Gasteiger partial charge in [-0.25, -0.2) is 0 Å². The van der Waals surface area contributed by atoms with Crippen LogP contribution < -0.4 is 10.2 Å². The summed E-state index contributed by atoms with van der Waals surface area (Å²) in [6.07, 6.45) is 2.20. The molecule has 7 rings (SSSR count). The highest BCUT2D eigenvalue weighted by Crippen LogP contribution is 2.43. The second-order valence-corrected chi connectivity index (χ2v) is 11.3. The zero-order valence-electron chi connectivity index (χ0n) is 21.8. The maximum absolute atomic E-state index is 13.4. The van der Waals surface area contributed by atoms with Crippen molar-refractivity contribution in [1.29, 1.82) is 0 Å². The number of halogens is 1. The van der Waals surface area contributed by atoms with E-state index in [1.807, 2.05) is 42.5 Å². The van der Waals surface area contributed by atoms with Crippen molar-refractivity contribution in [3.63, 3.8) is 0 Å². The van der Waals surface area contributed by atoms with Gasteiger partial charge in [-0.05, 0) is 60.7 Å². The molecule has 2 saturated heterocycles. The molecule has 3 aliphatic rings. The lowest BCUT2D eigenvalue weighted by atomic mass is 10.0. The lowest BCUT2D eigenvalue weighted by Gasteiger charge is -2.47. The molecule has 39 heavy (non-hydrogen) atoms. The topological polar surface area (TPSA) is 73.5 Å². The summed E-state index contributed by atoms with van der Waals surface area (Å²) in [6.45, 7) is 5.86. The molecule has 7 nitrogen and oxygen atoms in total. The Hall–Kier alpha value is -3.39. The SMILES string of the molecule is O=C(N[C@@H](c1ccccc1Cl)C1CC1)c1ccc2[nH]nc(-c3ccc(N4CC(N5CCOCC5)C4)cc3)c2c1. The number of carbonyl (C=O) groups is 1. The fraction of sp³-hybridized carbons (Fsp3) is 0.355. The van der Waals surface area contributed by atoms with Crippen molar-refractivity contribution in [2.24, 2.45) is 5.92 Å². The standard InChI is InChI=1S/C31H32ClN5O2/c32-27-4-2-1-3-25(27)29(20-5-6-20)33-31(38)22-9-12-28-26(17-22)30(35-34-28)21-7-10-23(11-8-21)37-18-24(19-37)36-13-15-39-16-14-36/h1-4,7-12,17,20,24,29H,5-6,13-16,18-19H2,(H,33,38)(H,34,35)/t29-/m1/s1. The second-order valence-electron chi connectivity index (χ2n) is 10.9. The van der Waals surface area contributed by atoms with Crippen LogP contribution in [0.3, 0.4) is 0 Å². The third-order valence-electron chi connectivity index (χ3n) is 8.38. The number of H-pyrrole nitrogens is 1. The Morgan fingerprint density at radius 2 is 1.79 bits per heavy atom. The summed E-state index contributed by atoms with van der Waals surface area (Å²) in [5.41, 5.74) is 5.62. The van der Waals surface area contributed by atoms with Crippen molar-refractivity contribution in [1.82, 2.24) is 20.4 Å². The number of anilines is 1. The Morgan fingerprint density at radius 3 is 2.54 bits per heavy atom. The molecule has 4 aromatic rings. The highest BCUT2D eigenvalue weighted by Gasteiger charge is 2.35.